The van der Waals surface area contributed by atoms with Crippen LogP contribution in [0.1, 0.15) is 26.7 Å². The first-order valence-electron chi connectivity index (χ1n) is 4.42. The summed E-state index contributed by atoms with van der Waals surface area (Å²) in [5.74, 6) is -1.09. The van der Waals surface area contributed by atoms with Crippen LogP contribution in [0, 0.1) is 0 Å². The predicted molar refractivity (Wildman–Crippen MR) is 53.1 cm³/mol. The quantitative estimate of drug-likeness (QED) is 0.548. The normalized spacial score (nSPS) is 10.6. The molecule has 0 saturated carbocycles. The van der Waals surface area contributed by atoms with Gasteiger partial charge in [0.05, 0.1) is 0 Å². The van der Waals surface area contributed by atoms with Crippen molar-refractivity contribution in [1.82, 2.24) is 5.48 Å². The second kappa shape index (κ2) is 6.88. The maximum absolute atomic E-state index is 11.1. The highest BCUT2D eigenvalue weighted by Crippen LogP contribution is 1.99. The van der Waals surface area contributed by atoms with Crippen molar-refractivity contribution >= 4 is 11.9 Å². The van der Waals surface area contributed by atoms with Gasteiger partial charge in [-0.1, -0.05) is 26.0 Å². The Balaban J connectivity index is 3.95. The molecule has 0 atom stereocenters. The smallest absolute Gasteiger partial charge is 0.335 e. The number of hydrogen-bond acceptors (Lipinski definition) is 3. The number of nitrogens with one attached hydrogen (secondary N) is 1. The Morgan fingerprint density at radius 2 is 2.14 bits per heavy atom. The van der Waals surface area contributed by atoms with Gasteiger partial charge < -0.3 is 4.84 Å². The lowest BCUT2D eigenvalue weighted by Gasteiger charge is -2.02. The molecule has 0 saturated heterocycles. The standard InChI is InChI=1S/C10H15NO3/c1-4-6-7-8(3)10(13)14-11-9(12)5-2/h5,7H,2,4,6H2,1,3H3,(H,11,12). The number of hydrogen-bond donors (Lipinski definition) is 1. The molecule has 0 heterocycles. The van der Waals surface area contributed by atoms with Crippen molar-refractivity contribution in [2.75, 3.05) is 0 Å². The summed E-state index contributed by atoms with van der Waals surface area (Å²) in [6.07, 6.45) is 4.57. The Labute approximate surface area is 83.6 Å². The number of carbonyl (C=O) groups is 2. The van der Waals surface area contributed by atoms with E-state index in [1.165, 1.54) is 0 Å². The molecule has 0 aromatic rings. The summed E-state index contributed by atoms with van der Waals surface area (Å²) in [6, 6.07) is 0. The molecule has 0 rings (SSSR count). The molecule has 0 radical (unpaired) electrons. The summed E-state index contributed by atoms with van der Waals surface area (Å²) in [5.41, 5.74) is 2.42. The van der Waals surface area contributed by atoms with E-state index in [-0.39, 0.29) is 0 Å². The topological polar surface area (TPSA) is 55.4 Å². The third kappa shape index (κ3) is 5.13. The van der Waals surface area contributed by atoms with Gasteiger partial charge in [-0.3, -0.25) is 4.79 Å². The molecule has 0 fully saturated rings. The molecule has 0 bridgehead atoms. The van der Waals surface area contributed by atoms with Crippen LogP contribution in [0.25, 0.3) is 0 Å². The van der Waals surface area contributed by atoms with Crippen LogP contribution in [-0.2, 0) is 14.4 Å². The molecule has 0 aliphatic carbocycles. The second-order valence-corrected chi connectivity index (χ2v) is 2.74. The lowest BCUT2D eigenvalue weighted by molar-refractivity contribution is -0.152. The molecule has 1 amide bonds. The second-order valence-electron chi connectivity index (χ2n) is 2.74. The minimum Gasteiger partial charge on any atom is -0.335 e. The van der Waals surface area contributed by atoms with E-state index < -0.39 is 11.9 Å². The Morgan fingerprint density at radius 1 is 1.50 bits per heavy atom. The Kier molecular flexibility index (Phi) is 6.11. The average Bonchev–Trinajstić information content (AvgIpc) is 2.21. The third-order valence-electron chi connectivity index (χ3n) is 1.49. The maximum atomic E-state index is 11.1. The molecule has 0 spiro atoms. The average molecular weight is 197 g/mol. The molecule has 4 heteroatoms. The van der Waals surface area contributed by atoms with Gasteiger partial charge in [0.2, 0.25) is 0 Å². The first-order chi connectivity index (χ1) is 6.61. The fraction of sp³-hybridized carbons (Fsp3) is 0.400. The lowest BCUT2D eigenvalue weighted by atomic mass is 10.2. The zero-order valence-corrected chi connectivity index (χ0v) is 8.50. The van der Waals surface area contributed by atoms with Crippen LogP contribution in [0.4, 0.5) is 0 Å². The van der Waals surface area contributed by atoms with E-state index >= 15 is 0 Å². The van der Waals surface area contributed by atoms with E-state index in [1.807, 2.05) is 12.4 Å². The van der Waals surface area contributed by atoms with Crippen LogP contribution < -0.4 is 5.48 Å². The zero-order chi connectivity index (χ0) is 11.0. The number of rotatable bonds is 4. The van der Waals surface area contributed by atoms with Crippen molar-refractivity contribution in [3.63, 3.8) is 0 Å². The Bertz CT molecular complexity index is 256. The van der Waals surface area contributed by atoms with Crippen LogP contribution >= 0.6 is 0 Å². The lowest BCUT2D eigenvalue weighted by Crippen LogP contribution is -2.25. The van der Waals surface area contributed by atoms with Gasteiger partial charge in [-0.25, -0.2) is 4.79 Å². The third-order valence-corrected chi connectivity index (χ3v) is 1.49. The number of unbranched alkanes of at least 4 members (excludes halogenated alkanes) is 1. The number of allylic oxidation sites excluding steroid dienone is 1. The molecule has 4 nitrogen and oxygen atoms in total. The molecule has 78 valence electrons. The monoisotopic (exact) mass is 197 g/mol. The van der Waals surface area contributed by atoms with Gasteiger partial charge in [0.25, 0.3) is 5.91 Å². The Hall–Kier alpha value is -1.58. The molecule has 0 aliphatic rings. The number of amides is 1. The van der Waals surface area contributed by atoms with Crippen LogP contribution in [-0.4, -0.2) is 11.9 Å². The van der Waals surface area contributed by atoms with E-state index in [9.17, 15) is 9.59 Å². The molecule has 0 unspecified atom stereocenters. The van der Waals surface area contributed by atoms with Crippen LogP contribution in [0.3, 0.4) is 0 Å². The summed E-state index contributed by atoms with van der Waals surface area (Å²) in [4.78, 5) is 26.2. The summed E-state index contributed by atoms with van der Waals surface area (Å²) in [5, 5.41) is 0. The van der Waals surface area contributed by atoms with Gasteiger partial charge in [0.1, 0.15) is 0 Å². The molecule has 1 N–H and O–H groups in total. The SMILES string of the molecule is C=CC(=O)NOC(=O)C(C)=CCCC. The van der Waals surface area contributed by atoms with E-state index in [0.29, 0.717) is 5.57 Å². The molecule has 0 aromatic carbocycles. The van der Waals surface area contributed by atoms with Gasteiger partial charge in [-0.05, 0) is 19.4 Å². The molecular formula is C10H15NO3. The van der Waals surface area contributed by atoms with Crippen molar-refractivity contribution in [3.05, 3.63) is 24.3 Å². The highest BCUT2D eigenvalue weighted by atomic mass is 16.7. The largest absolute Gasteiger partial charge is 0.358 e. The van der Waals surface area contributed by atoms with Crippen LogP contribution in [0.5, 0.6) is 0 Å². The summed E-state index contributed by atoms with van der Waals surface area (Å²) >= 11 is 0. The van der Waals surface area contributed by atoms with Crippen molar-refractivity contribution in [2.24, 2.45) is 0 Å². The van der Waals surface area contributed by atoms with Crippen LogP contribution in [0.2, 0.25) is 0 Å². The summed E-state index contributed by atoms with van der Waals surface area (Å²) in [6.45, 7) is 6.86. The van der Waals surface area contributed by atoms with E-state index in [0.717, 1.165) is 18.9 Å². The highest BCUT2D eigenvalue weighted by Gasteiger charge is 2.06. The molecular weight excluding hydrogens is 182 g/mol. The minimum atomic E-state index is -0.548. The van der Waals surface area contributed by atoms with E-state index in [2.05, 4.69) is 11.4 Å². The van der Waals surface area contributed by atoms with Gasteiger partial charge in [-0.2, -0.15) is 5.48 Å². The minimum absolute atomic E-state index is 0.483. The number of carbonyl (C=O) groups excluding carboxylic acids is 2. The number of hydroxylamine groups is 1. The van der Waals surface area contributed by atoms with Crippen molar-refractivity contribution in [2.45, 2.75) is 26.7 Å². The van der Waals surface area contributed by atoms with Gasteiger partial charge >= 0.3 is 5.97 Å². The molecule has 0 aliphatic heterocycles. The fourth-order valence-corrected chi connectivity index (χ4v) is 0.663. The van der Waals surface area contributed by atoms with Crippen molar-refractivity contribution < 1.29 is 14.4 Å². The zero-order valence-electron chi connectivity index (χ0n) is 8.50. The van der Waals surface area contributed by atoms with E-state index in [4.69, 9.17) is 0 Å². The summed E-state index contributed by atoms with van der Waals surface area (Å²) < 4.78 is 0. The first kappa shape index (κ1) is 12.4. The first-order valence-corrected chi connectivity index (χ1v) is 4.42. The van der Waals surface area contributed by atoms with Crippen LogP contribution in [0.15, 0.2) is 24.3 Å². The van der Waals surface area contributed by atoms with E-state index in [1.54, 1.807) is 13.0 Å². The highest BCUT2D eigenvalue weighted by molar-refractivity contribution is 5.91. The Morgan fingerprint density at radius 3 is 2.64 bits per heavy atom. The van der Waals surface area contributed by atoms with Gasteiger partial charge in [0.15, 0.2) is 0 Å². The van der Waals surface area contributed by atoms with Crippen molar-refractivity contribution in [3.8, 4) is 0 Å². The predicted octanol–water partition coefficient (Wildman–Crippen LogP) is 1.49. The fourth-order valence-electron chi connectivity index (χ4n) is 0.663. The maximum Gasteiger partial charge on any atom is 0.358 e. The summed E-state index contributed by atoms with van der Waals surface area (Å²) in [7, 11) is 0. The molecule has 14 heavy (non-hydrogen) atoms. The molecule has 0 aromatic heterocycles. The van der Waals surface area contributed by atoms with Gasteiger partial charge in [0, 0.05) is 5.57 Å². The van der Waals surface area contributed by atoms with Crippen molar-refractivity contribution in [1.29, 1.82) is 0 Å². The van der Waals surface area contributed by atoms with Gasteiger partial charge in [-0.15, -0.1) is 0 Å².